The van der Waals surface area contributed by atoms with E-state index in [0.717, 1.165) is 16.7 Å². The molecular formula is C19H16N4O2. The maximum absolute atomic E-state index is 12.4. The van der Waals surface area contributed by atoms with Crippen LogP contribution in [0.25, 0.3) is 11.1 Å². The van der Waals surface area contributed by atoms with E-state index in [-0.39, 0.29) is 11.8 Å². The van der Waals surface area contributed by atoms with Crippen LogP contribution < -0.4 is 10.6 Å². The third-order valence-corrected chi connectivity index (χ3v) is 4.27. The number of fused-ring (bicyclic) bond motifs is 1. The summed E-state index contributed by atoms with van der Waals surface area (Å²) in [4.78, 5) is 24.7. The Balaban J connectivity index is 1.74. The van der Waals surface area contributed by atoms with E-state index in [9.17, 15) is 9.59 Å². The van der Waals surface area contributed by atoms with Crippen molar-refractivity contribution in [3.8, 4) is 11.1 Å². The molecule has 0 aliphatic carbocycles. The molecule has 2 heterocycles. The highest BCUT2D eigenvalue weighted by atomic mass is 16.2. The number of carbonyl (C=O) groups excluding carboxylic acids is 2. The summed E-state index contributed by atoms with van der Waals surface area (Å²) in [5, 5.41) is 9.88. The Morgan fingerprint density at radius 1 is 1.20 bits per heavy atom. The molecule has 2 aromatic carbocycles. The van der Waals surface area contributed by atoms with Crippen molar-refractivity contribution in [3.63, 3.8) is 0 Å². The zero-order valence-corrected chi connectivity index (χ0v) is 13.6. The highest BCUT2D eigenvalue weighted by molar-refractivity contribution is 6.11. The van der Waals surface area contributed by atoms with Crippen molar-refractivity contribution >= 4 is 17.5 Å². The van der Waals surface area contributed by atoms with Gasteiger partial charge in [-0.3, -0.25) is 14.3 Å². The molecule has 0 saturated carbocycles. The molecule has 25 heavy (non-hydrogen) atoms. The van der Waals surface area contributed by atoms with Gasteiger partial charge in [0, 0.05) is 30.9 Å². The average molecular weight is 332 g/mol. The van der Waals surface area contributed by atoms with Gasteiger partial charge in [0.2, 0.25) is 0 Å². The zero-order chi connectivity index (χ0) is 17.4. The molecule has 0 radical (unpaired) electrons. The highest BCUT2D eigenvalue weighted by Crippen LogP contribution is 2.33. The van der Waals surface area contributed by atoms with Crippen molar-refractivity contribution in [1.29, 1.82) is 0 Å². The first-order valence-corrected chi connectivity index (χ1v) is 7.93. The Morgan fingerprint density at radius 2 is 2.00 bits per heavy atom. The second-order valence-corrected chi connectivity index (χ2v) is 5.92. The van der Waals surface area contributed by atoms with E-state index in [2.05, 4.69) is 15.7 Å². The minimum absolute atomic E-state index is 0.177. The fourth-order valence-electron chi connectivity index (χ4n) is 3.07. The molecule has 1 aliphatic rings. The largest absolute Gasteiger partial charge is 0.348 e. The first-order valence-electron chi connectivity index (χ1n) is 7.93. The predicted molar refractivity (Wildman–Crippen MR) is 94.2 cm³/mol. The minimum atomic E-state index is -0.239. The highest BCUT2D eigenvalue weighted by Gasteiger charge is 2.27. The summed E-state index contributed by atoms with van der Waals surface area (Å²) in [5.41, 5.74) is 4.35. The summed E-state index contributed by atoms with van der Waals surface area (Å²) in [6.07, 6.45) is 3.67. The summed E-state index contributed by atoms with van der Waals surface area (Å²) in [7, 11) is 1.85. The van der Waals surface area contributed by atoms with Crippen LogP contribution in [0.3, 0.4) is 0 Å². The van der Waals surface area contributed by atoms with Gasteiger partial charge in [0.25, 0.3) is 11.8 Å². The number of benzene rings is 2. The maximum Gasteiger partial charge on any atom is 0.255 e. The number of aromatic nitrogens is 2. The van der Waals surface area contributed by atoms with Gasteiger partial charge in [-0.2, -0.15) is 5.10 Å². The zero-order valence-electron chi connectivity index (χ0n) is 13.6. The van der Waals surface area contributed by atoms with Crippen LogP contribution in [0.1, 0.15) is 26.3 Å². The lowest BCUT2D eigenvalue weighted by Crippen LogP contribution is -2.17. The number of nitrogens with one attached hydrogen (secondary N) is 2. The third kappa shape index (κ3) is 2.67. The van der Waals surface area contributed by atoms with Gasteiger partial charge in [0.15, 0.2) is 0 Å². The van der Waals surface area contributed by atoms with E-state index in [1.807, 2.05) is 25.4 Å². The van der Waals surface area contributed by atoms with E-state index >= 15 is 0 Å². The Labute approximate surface area is 144 Å². The topological polar surface area (TPSA) is 76.0 Å². The van der Waals surface area contributed by atoms with Crippen LogP contribution in [0.5, 0.6) is 0 Å². The summed E-state index contributed by atoms with van der Waals surface area (Å²) in [5.74, 6) is -0.416. The number of carbonyl (C=O) groups is 2. The van der Waals surface area contributed by atoms with Gasteiger partial charge in [0.1, 0.15) is 0 Å². The minimum Gasteiger partial charge on any atom is -0.348 e. The predicted octanol–water partition coefficient (Wildman–Crippen LogP) is 2.58. The first kappa shape index (κ1) is 15.1. The maximum atomic E-state index is 12.4. The Morgan fingerprint density at radius 3 is 2.72 bits per heavy atom. The van der Waals surface area contributed by atoms with E-state index in [0.29, 0.717) is 23.4 Å². The average Bonchev–Trinajstić information content (AvgIpc) is 3.23. The Bertz CT molecular complexity index is 976. The van der Waals surface area contributed by atoms with E-state index in [4.69, 9.17) is 0 Å². The second-order valence-electron chi connectivity index (χ2n) is 5.92. The lowest BCUT2D eigenvalue weighted by molar-refractivity contribution is 0.0966. The quantitative estimate of drug-likeness (QED) is 0.774. The van der Waals surface area contributed by atoms with Crippen LogP contribution in [0.4, 0.5) is 5.69 Å². The van der Waals surface area contributed by atoms with Crippen LogP contribution in [0, 0.1) is 0 Å². The third-order valence-electron chi connectivity index (χ3n) is 4.27. The number of nitrogens with zero attached hydrogens (tertiary/aromatic N) is 2. The SMILES string of the molecule is Cn1cc(-c2ccc(NC(=O)c3ccccc3)c3c2CNC3=O)cn1. The van der Waals surface area contributed by atoms with Crippen LogP contribution in [0.15, 0.2) is 54.9 Å². The smallest absolute Gasteiger partial charge is 0.255 e. The number of hydrogen-bond donors (Lipinski definition) is 2. The lowest BCUT2D eigenvalue weighted by Gasteiger charge is -2.12. The summed E-state index contributed by atoms with van der Waals surface area (Å²) >= 11 is 0. The lowest BCUT2D eigenvalue weighted by atomic mass is 9.97. The van der Waals surface area contributed by atoms with Gasteiger partial charge in [0.05, 0.1) is 17.4 Å². The molecule has 0 spiro atoms. The molecular weight excluding hydrogens is 316 g/mol. The number of hydrogen-bond acceptors (Lipinski definition) is 3. The molecule has 0 unspecified atom stereocenters. The number of amides is 2. The summed E-state index contributed by atoms with van der Waals surface area (Å²) in [6, 6.07) is 12.6. The van der Waals surface area contributed by atoms with Gasteiger partial charge in [-0.15, -0.1) is 0 Å². The molecule has 0 saturated heterocycles. The Hall–Kier alpha value is -3.41. The molecule has 1 aliphatic heterocycles. The number of aryl methyl sites for hydroxylation is 1. The fourth-order valence-corrected chi connectivity index (χ4v) is 3.07. The second kappa shape index (κ2) is 5.90. The summed E-state index contributed by atoms with van der Waals surface area (Å²) < 4.78 is 1.72. The van der Waals surface area contributed by atoms with Crippen LogP contribution in [-0.2, 0) is 13.6 Å². The van der Waals surface area contributed by atoms with Crippen LogP contribution >= 0.6 is 0 Å². The van der Waals surface area contributed by atoms with E-state index in [1.54, 1.807) is 41.2 Å². The molecule has 1 aromatic heterocycles. The van der Waals surface area contributed by atoms with Gasteiger partial charge in [-0.25, -0.2) is 0 Å². The molecule has 2 amide bonds. The molecule has 2 N–H and O–H groups in total. The van der Waals surface area contributed by atoms with Gasteiger partial charge >= 0.3 is 0 Å². The van der Waals surface area contributed by atoms with Crippen molar-refractivity contribution in [2.24, 2.45) is 7.05 Å². The van der Waals surface area contributed by atoms with Crippen LogP contribution in [-0.4, -0.2) is 21.6 Å². The normalized spacial score (nSPS) is 12.6. The molecule has 6 heteroatoms. The molecule has 0 bridgehead atoms. The van der Waals surface area contributed by atoms with E-state index < -0.39 is 0 Å². The number of rotatable bonds is 3. The van der Waals surface area contributed by atoms with Crippen molar-refractivity contribution in [3.05, 3.63) is 71.5 Å². The van der Waals surface area contributed by atoms with Crippen molar-refractivity contribution in [2.45, 2.75) is 6.54 Å². The number of anilines is 1. The molecule has 0 atom stereocenters. The molecule has 4 rings (SSSR count). The standard InChI is InChI=1S/C19H16N4O2/c1-23-11-13(9-21-23)14-7-8-16(17-15(14)10-20-19(17)25)22-18(24)12-5-3-2-4-6-12/h2-9,11H,10H2,1H3,(H,20,25)(H,22,24). The van der Waals surface area contributed by atoms with Gasteiger partial charge in [-0.05, 0) is 29.3 Å². The van der Waals surface area contributed by atoms with Crippen molar-refractivity contribution in [1.82, 2.24) is 15.1 Å². The van der Waals surface area contributed by atoms with Crippen LogP contribution in [0.2, 0.25) is 0 Å². The van der Waals surface area contributed by atoms with E-state index in [1.165, 1.54) is 0 Å². The van der Waals surface area contributed by atoms with Crippen molar-refractivity contribution in [2.75, 3.05) is 5.32 Å². The fraction of sp³-hybridized carbons (Fsp3) is 0.105. The molecule has 3 aromatic rings. The van der Waals surface area contributed by atoms with Gasteiger partial charge in [-0.1, -0.05) is 24.3 Å². The first-order chi connectivity index (χ1) is 12.1. The molecule has 0 fully saturated rings. The summed E-state index contributed by atoms with van der Waals surface area (Å²) in [6.45, 7) is 0.438. The molecule has 6 nitrogen and oxygen atoms in total. The van der Waals surface area contributed by atoms with Crippen molar-refractivity contribution < 1.29 is 9.59 Å². The monoisotopic (exact) mass is 332 g/mol. The molecule has 124 valence electrons. The van der Waals surface area contributed by atoms with Gasteiger partial charge < -0.3 is 10.6 Å². The Kier molecular flexibility index (Phi) is 3.57.